The Hall–Kier alpha value is -2.32. The number of aliphatic hydroxyl groups excluding tert-OH is 10. The second-order valence-electron chi connectivity index (χ2n) is 17.9. The van der Waals surface area contributed by atoms with E-state index in [1.807, 2.05) is 26.8 Å². The molecule has 0 aromatic carbocycles. The van der Waals surface area contributed by atoms with Crippen molar-refractivity contribution in [3.8, 4) is 0 Å². The molecular formula is C45H80O16. The highest BCUT2D eigenvalue weighted by atomic mass is 16.7. The molecule has 10 N–H and O–H groups in total. The van der Waals surface area contributed by atoms with E-state index in [9.17, 15) is 55.5 Å². The monoisotopic (exact) mass is 877 g/mol. The van der Waals surface area contributed by atoms with Gasteiger partial charge in [-0.3, -0.25) is 9.59 Å². The lowest BCUT2D eigenvalue weighted by molar-refractivity contribution is -0.317. The number of hydrogen-bond donors (Lipinski definition) is 10. The van der Waals surface area contributed by atoms with E-state index in [1.165, 1.54) is 13.8 Å². The van der Waals surface area contributed by atoms with Gasteiger partial charge < -0.3 is 70.0 Å². The molecule has 0 aliphatic carbocycles. The summed E-state index contributed by atoms with van der Waals surface area (Å²) in [5, 5.41) is 104. The average Bonchev–Trinajstić information content (AvgIpc) is 3.21. The predicted octanol–water partition coefficient (Wildman–Crippen LogP) is 1.93. The van der Waals surface area contributed by atoms with Crippen LogP contribution in [0.1, 0.15) is 102 Å². The second-order valence-corrected chi connectivity index (χ2v) is 17.9. The Labute approximate surface area is 362 Å². The molecule has 1 aliphatic rings. The van der Waals surface area contributed by atoms with Gasteiger partial charge >= 0.3 is 11.9 Å². The topological polar surface area (TPSA) is 273 Å². The summed E-state index contributed by atoms with van der Waals surface area (Å²) < 4.78 is 22.4. The van der Waals surface area contributed by atoms with E-state index >= 15 is 0 Å². The number of aliphatic hydroxyl groups is 10. The lowest BCUT2D eigenvalue weighted by atomic mass is 9.82. The molecule has 0 radical (unpaired) electrons. The molecule has 0 spiro atoms. The number of esters is 2. The van der Waals surface area contributed by atoms with Crippen LogP contribution in [0.2, 0.25) is 0 Å². The number of hydrogen-bond acceptors (Lipinski definition) is 16. The van der Waals surface area contributed by atoms with Gasteiger partial charge in [0.15, 0.2) is 6.29 Å². The fourth-order valence-corrected chi connectivity index (χ4v) is 7.95. The summed E-state index contributed by atoms with van der Waals surface area (Å²) in [4.78, 5) is 24.1. The number of rotatable bonds is 26. The van der Waals surface area contributed by atoms with Crippen LogP contribution in [-0.4, -0.2) is 156 Å². The fourth-order valence-electron chi connectivity index (χ4n) is 7.95. The quantitative estimate of drug-likeness (QED) is 0.0439. The first kappa shape index (κ1) is 56.7. The van der Waals surface area contributed by atoms with Crippen LogP contribution in [0.25, 0.3) is 0 Å². The van der Waals surface area contributed by atoms with Crippen LogP contribution >= 0.6 is 0 Å². The molecule has 1 fully saturated rings. The Morgan fingerprint density at radius 3 is 1.66 bits per heavy atom. The number of carbonyl (C=O) groups is 2. The van der Waals surface area contributed by atoms with Crippen molar-refractivity contribution in [2.45, 2.75) is 176 Å². The molecule has 356 valence electrons. The Balaban J connectivity index is 3.19. The van der Waals surface area contributed by atoms with Crippen LogP contribution in [0, 0.1) is 41.4 Å². The molecule has 1 heterocycles. The van der Waals surface area contributed by atoms with E-state index < -0.39 is 116 Å². The maximum Gasteiger partial charge on any atom is 0.311 e. The molecule has 0 aromatic rings. The van der Waals surface area contributed by atoms with Crippen molar-refractivity contribution < 1.29 is 79.6 Å². The number of ether oxygens (including phenoxy) is 4. The number of carbonyl (C=O) groups excluding carboxylic acids is 2. The van der Waals surface area contributed by atoms with E-state index in [1.54, 1.807) is 39.8 Å². The average molecular weight is 877 g/mol. The van der Waals surface area contributed by atoms with Gasteiger partial charge in [-0.1, -0.05) is 73.1 Å². The van der Waals surface area contributed by atoms with Gasteiger partial charge in [0.05, 0.1) is 36.9 Å². The summed E-state index contributed by atoms with van der Waals surface area (Å²) in [6.07, 6.45) is -8.05. The third-order valence-corrected chi connectivity index (χ3v) is 12.0. The smallest absolute Gasteiger partial charge is 0.311 e. The van der Waals surface area contributed by atoms with Crippen molar-refractivity contribution in [2.75, 3.05) is 19.8 Å². The van der Waals surface area contributed by atoms with Gasteiger partial charge in [0.2, 0.25) is 0 Å². The van der Waals surface area contributed by atoms with E-state index in [0.29, 0.717) is 28.6 Å². The second kappa shape index (κ2) is 27.1. The maximum absolute atomic E-state index is 12.6. The summed E-state index contributed by atoms with van der Waals surface area (Å²) in [7, 11) is 0. The Bertz CT molecular complexity index is 1400. The molecular weight excluding hydrogens is 796 g/mol. The van der Waals surface area contributed by atoms with Crippen LogP contribution in [0.15, 0.2) is 34.9 Å². The first-order valence-corrected chi connectivity index (χ1v) is 21.7. The zero-order valence-electron chi connectivity index (χ0n) is 38.4. The molecule has 0 amide bonds. The first-order valence-electron chi connectivity index (χ1n) is 21.7. The summed E-state index contributed by atoms with van der Waals surface area (Å²) in [5.41, 5.74) is 1.55. The van der Waals surface area contributed by atoms with Gasteiger partial charge in [0.1, 0.15) is 55.9 Å². The van der Waals surface area contributed by atoms with Crippen LogP contribution < -0.4 is 0 Å². The Kier molecular flexibility index (Phi) is 25.2. The van der Waals surface area contributed by atoms with Crippen LogP contribution in [0.3, 0.4) is 0 Å². The highest BCUT2D eigenvalue weighted by molar-refractivity contribution is 5.73. The van der Waals surface area contributed by atoms with Crippen LogP contribution in [0.5, 0.6) is 0 Å². The lowest BCUT2D eigenvalue weighted by Gasteiger charge is -2.43. The van der Waals surface area contributed by atoms with Gasteiger partial charge in [0.25, 0.3) is 0 Å². The molecule has 0 saturated carbocycles. The third-order valence-electron chi connectivity index (χ3n) is 12.0. The van der Waals surface area contributed by atoms with E-state index in [2.05, 4.69) is 20.8 Å². The SMILES string of the molecule is CC[C@H](C)C[C@H](C)C[C@H](C)[C@H](O[C@@H]1O[C@H](COC(C)=O)[C@@H](O)[C@H](O)[C@@H]1O)[C@@H](C)/C=C(\C)[C@H](O)[C@@H](C)/C=C(\C)[C@H](O)[C@@H](C)/C=C(\C)[C@H](O)[C@@H](C)C(=O)OC[C@@H](O)[C@H](O)[C@H](O)CO. The highest BCUT2D eigenvalue weighted by Crippen LogP contribution is 2.33. The van der Waals surface area contributed by atoms with Crippen molar-refractivity contribution in [2.24, 2.45) is 41.4 Å². The van der Waals surface area contributed by atoms with E-state index in [4.69, 9.17) is 24.1 Å². The molecule has 1 rings (SSSR count). The minimum absolute atomic E-state index is 0.0823. The zero-order chi connectivity index (χ0) is 47.0. The highest BCUT2D eigenvalue weighted by Gasteiger charge is 2.46. The van der Waals surface area contributed by atoms with Crippen molar-refractivity contribution in [1.29, 1.82) is 0 Å². The lowest BCUT2D eigenvalue weighted by Crippen LogP contribution is -2.60. The molecule has 0 unspecified atom stereocenters. The molecule has 16 heteroatoms. The van der Waals surface area contributed by atoms with E-state index in [0.717, 1.165) is 19.3 Å². The zero-order valence-corrected chi connectivity index (χ0v) is 38.4. The predicted molar refractivity (Wildman–Crippen MR) is 227 cm³/mol. The molecule has 61 heavy (non-hydrogen) atoms. The van der Waals surface area contributed by atoms with Gasteiger partial charge in [-0.05, 0) is 75.0 Å². The maximum atomic E-state index is 12.6. The standard InChI is InChI=1S/C45H80O16/c1-13-22(2)14-23(3)15-29(9)43(61-45-42(56)41(55)40(54)35(60-45)21-58-32(12)47)30(10)18-27(7)37(51)25(5)16-24(4)36(50)26(6)17-28(8)38(52)31(11)44(57)59-20-34(49)39(53)33(48)19-46/h16-18,22-23,25-26,29-31,33-43,45-46,48-56H,13-15,19-21H2,1-12H3/b24-16+,27-18+,28-17+/t22-,23-,25-,26-,29-,30-,31+,33+,34+,35+,36-,37+,38-,39+,40+,41-,42-,43-,45-/m0/s1. The molecule has 0 aromatic heterocycles. The minimum atomic E-state index is -1.74. The molecule has 0 bridgehead atoms. The summed E-state index contributed by atoms with van der Waals surface area (Å²) in [6, 6.07) is 0. The molecule has 19 atom stereocenters. The fraction of sp³-hybridized carbons (Fsp3) is 0.822. The van der Waals surface area contributed by atoms with Crippen LogP contribution in [-0.2, 0) is 28.5 Å². The molecule has 1 aliphatic heterocycles. The first-order chi connectivity index (χ1) is 28.3. The van der Waals surface area contributed by atoms with E-state index in [-0.39, 0.29) is 18.4 Å². The largest absolute Gasteiger partial charge is 0.463 e. The molecule has 16 nitrogen and oxygen atoms in total. The van der Waals surface area contributed by atoms with Gasteiger partial charge in [-0.25, -0.2) is 0 Å². The Morgan fingerprint density at radius 2 is 1.16 bits per heavy atom. The summed E-state index contributed by atoms with van der Waals surface area (Å²) in [5.74, 6) is -3.11. The third kappa shape index (κ3) is 18.0. The summed E-state index contributed by atoms with van der Waals surface area (Å²) in [6.45, 7) is 19.9. The van der Waals surface area contributed by atoms with Crippen molar-refractivity contribution in [3.05, 3.63) is 34.9 Å². The summed E-state index contributed by atoms with van der Waals surface area (Å²) >= 11 is 0. The van der Waals surface area contributed by atoms with Gasteiger partial charge in [-0.2, -0.15) is 0 Å². The molecule has 1 saturated heterocycles. The van der Waals surface area contributed by atoms with Crippen molar-refractivity contribution in [3.63, 3.8) is 0 Å². The Morgan fingerprint density at radius 1 is 0.656 bits per heavy atom. The van der Waals surface area contributed by atoms with Crippen LogP contribution in [0.4, 0.5) is 0 Å². The van der Waals surface area contributed by atoms with Gasteiger partial charge in [0, 0.05) is 24.7 Å². The van der Waals surface area contributed by atoms with Crippen molar-refractivity contribution >= 4 is 11.9 Å². The van der Waals surface area contributed by atoms with Gasteiger partial charge in [-0.15, -0.1) is 0 Å². The van der Waals surface area contributed by atoms with Crippen molar-refractivity contribution in [1.82, 2.24) is 0 Å². The normalized spacial score (nSPS) is 27.6. The minimum Gasteiger partial charge on any atom is -0.463 e.